The molecule has 0 spiro atoms. The van der Waals surface area contributed by atoms with Gasteiger partial charge in [-0.3, -0.25) is 9.69 Å². The number of rotatable bonds is 2. The second-order valence-electron chi connectivity index (χ2n) is 4.17. The standard InChI is InChI=1S/C13H16N2O.ClH/c1-10-5-3-6-11(9-10)14-13(16)12-7-4-8-15(12)2;/h3-7,9,12H,8H2,1-2H3,(H,14,16);1H. The highest BCUT2D eigenvalue weighted by Crippen LogP contribution is 2.13. The summed E-state index contributed by atoms with van der Waals surface area (Å²) >= 11 is 0. The molecule has 0 aromatic heterocycles. The number of hydrogen-bond donors (Lipinski definition) is 1. The van der Waals surface area contributed by atoms with Gasteiger partial charge in [0.25, 0.3) is 0 Å². The largest absolute Gasteiger partial charge is 0.324 e. The molecule has 1 aromatic carbocycles. The molecule has 1 unspecified atom stereocenters. The van der Waals surface area contributed by atoms with E-state index in [1.54, 1.807) is 0 Å². The van der Waals surface area contributed by atoms with E-state index in [1.807, 2.05) is 55.3 Å². The summed E-state index contributed by atoms with van der Waals surface area (Å²) in [6.07, 6.45) is 3.95. The Hall–Kier alpha value is -1.32. The Balaban J connectivity index is 0.00000144. The first-order valence-corrected chi connectivity index (χ1v) is 5.41. The van der Waals surface area contributed by atoms with E-state index in [4.69, 9.17) is 0 Å². The van der Waals surface area contributed by atoms with E-state index in [9.17, 15) is 4.79 Å². The maximum absolute atomic E-state index is 11.9. The van der Waals surface area contributed by atoms with E-state index in [2.05, 4.69) is 5.32 Å². The highest BCUT2D eigenvalue weighted by Gasteiger charge is 2.23. The molecule has 0 radical (unpaired) electrons. The van der Waals surface area contributed by atoms with Crippen LogP contribution in [0.4, 0.5) is 5.69 Å². The molecule has 1 atom stereocenters. The minimum absolute atomic E-state index is 0. The normalized spacial score (nSPS) is 18.8. The van der Waals surface area contributed by atoms with Crippen LogP contribution >= 0.6 is 12.4 Å². The minimum Gasteiger partial charge on any atom is -0.324 e. The Morgan fingerprint density at radius 1 is 1.47 bits per heavy atom. The topological polar surface area (TPSA) is 32.3 Å². The van der Waals surface area contributed by atoms with Crippen LogP contribution in [0.5, 0.6) is 0 Å². The molecule has 92 valence electrons. The molecular formula is C13H17ClN2O. The van der Waals surface area contributed by atoms with Gasteiger partial charge in [0.15, 0.2) is 0 Å². The maximum atomic E-state index is 11.9. The Morgan fingerprint density at radius 2 is 2.24 bits per heavy atom. The van der Waals surface area contributed by atoms with Gasteiger partial charge in [0.2, 0.25) is 5.91 Å². The maximum Gasteiger partial charge on any atom is 0.245 e. The van der Waals surface area contributed by atoms with Gasteiger partial charge < -0.3 is 5.32 Å². The molecule has 1 amide bonds. The van der Waals surface area contributed by atoms with Crippen LogP contribution in [0.2, 0.25) is 0 Å². The first kappa shape index (κ1) is 13.7. The van der Waals surface area contributed by atoms with Crippen molar-refractivity contribution in [3.63, 3.8) is 0 Å². The van der Waals surface area contributed by atoms with E-state index in [0.717, 1.165) is 17.8 Å². The predicted octanol–water partition coefficient (Wildman–Crippen LogP) is 2.23. The van der Waals surface area contributed by atoms with Crippen molar-refractivity contribution < 1.29 is 4.79 Å². The van der Waals surface area contributed by atoms with Crippen molar-refractivity contribution in [2.75, 3.05) is 18.9 Å². The van der Waals surface area contributed by atoms with Gasteiger partial charge >= 0.3 is 0 Å². The molecular weight excluding hydrogens is 236 g/mol. The third kappa shape index (κ3) is 3.32. The number of carbonyl (C=O) groups is 1. The molecule has 0 saturated heterocycles. The number of likely N-dealkylation sites (N-methyl/N-ethyl adjacent to an activating group) is 1. The van der Waals surface area contributed by atoms with Gasteiger partial charge in [0, 0.05) is 12.2 Å². The van der Waals surface area contributed by atoms with Crippen molar-refractivity contribution in [2.45, 2.75) is 13.0 Å². The first-order valence-electron chi connectivity index (χ1n) is 5.41. The van der Waals surface area contributed by atoms with Crippen molar-refractivity contribution in [2.24, 2.45) is 0 Å². The highest BCUT2D eigenvalue weighted by atomic mass is 35.5. The number of nitrogens with one attached hydrogen (secondary N) is 1. The van der Waals surface area contributed by atoms with Crippen molar-refractivity contribution in [3.8, 4) is 0 Å². The number of benzene rings is 1. The first-order chi connectivity index (χ1) is 7.66. The molecule has 4 heteroatoms. The van der Waals surface area contributed by atoms with Crippen molar-refractivity contribution in [3.05, 3.63) is 42.0 Å². The molecule has 0 saturated carbocycles. The van der Waals surface area contributed by atoms with Gasteiger partial charge in [-0.05, 0) is 31.7 Å². The monoisotopic (exact) mass is 252 g/mol. The summed E-state index contributed by atoms with van der Waals surface area (Å²) in [6.45, 7) is 2.85. The Labute approximate surface area is 108 Å². The zero-order valence-corrected chi connectivity index (χ0v) is 10.8. The summed E-state index contributed by atoms with van der Waals surface area (Å²) < 4.78 is 0. The number of halogens is 1. The smallest absolute Gasteiger partial charge is 0.245 e. The summed E-state index contributed by atoms with van der Waals surface area (Å²) in [5, 5.41) is 2.92. The van der Waals surface area contributed by atoms with Gasteiger partial charge in [0.1, 0.15) is 6.04 Å². The minimum atomic E-state index is -0.138. The van der Waals surface area contributed by atoms with Crippen molar-refractivity contribution in [1.29, 1.82) is 0 Å². The summed E-state index contributed by atoms with van der Waals surface area (Å²) in [6, 6.07) is 7.69. The molecule has 2 rings (SSSR count). The fourth-order valence-corrected chi connectivity index (χ4v) is 1.84. The lowest BCUT2D eigenvalue weighted by Crippen LogP contribution is -2.37. The summed E-state index contributed by atoms with van der Waals surface area (Å²) in [7, 11) is 1.94. The van der Waals surface area contributed by atoms with E-state index in [-0.39, 0.29) is 24.4 Å². The average Bonchev–Trinajstić information content (AvgIpc) is 2.64. The zero-order chi connectivity index (χ0) is 11.5. The molecule has 1 heterocycles. The quantitative estimate of drug-likeness (QED) is 0.819. The van der Waals surface area contributed by atoms with Gasteiger partial charge in [-0.1, -0.05) is 24.3 Å². The molecule has 17 heavy (non-hydrogen) atoms. The second-order valence-corrected chi connectivity index (χ2v) is 4.17. The number of carbonyl (C=O) groups excluding carboxylic acids is 1. The number of nitrogens with zero attached hydrogens (tertiary/aromatic N) is 1. The van der Waals surface area contributed by atoms with E-state index in [0.29, 0.717) is 0 Å². The molecule has 1 aliphatic rings. The third-order valence-corrected chi connectivity index (χ3v) is 2.74. The number of hydrogen-bond acceptors (Lipinski definition) is 2. The van der Waals surface area contributed by atoms with Crippen LogP contribution in [-0.4, -0.2) is 30.4 Å². The zero-order valence-electron chi connectivity index (χ0n) is 10.0. The van der Waals surface area contributed by atoms with Crippen LogP contribution in [0.1, 0.15) is 5.56 Å². The van der Waals surface area contributed by atoms with Crippen LogP contribution in [0.3, 0.4) is 0 Å². The van der Waals surface area contributed by atoms with Crippen molar-refractivity contribution in [1.82, 2.24) is 4.90 Å². The van der Waals surface area contributed by atoms with Gasteiger partial charge in [-0.25, -0.2) is 0 Å². The average molecular weight is 253 g/mol. The van der Waals surface area contributed by atoms with Crippen molar-refractivity contribution >= 4 is 24.0 Å². The number of amides is 1. The highest BCUT2D eigenvalue weighted by molar-refractivity contribution is 5.96. The van der Waals surface area contributed by atoms with Crippen LogP contribution < -0.4 is 5.32 Å². The molecule has 0 bridgehead atoms. The Kier molecular flexibility index (Phi) is 4.73. The SMILES string of the molecule is Cc1cccc(NC(=O)C2C=CCN2C)c1.Cl. The molecule has 3 nitrogen and oxygen atoms in total. The van der Waals surface area contributed by atoms with E-state index >= 15 is 0 Å². The van der Waals surface area contributed by atoms with Gasteiger partial charge in [0.05, 0.1) is 0 Å². The van der Waals surface area contributed by atoms with Crippen LogP contribution in [0, 0.1) is 6.92 Å². The van der Waals surface area contributed by atoms with Crippen LogP contribution in [0.15, 0.2) is 36.4 Å². The van der Waals surface area contributed by atoms with Crippen LogP contribution in [0.25, 0.3) is 0 Å². The molecule has 1 N–H and O–H groups in total. The molecule has 1 aromatic rings. The lowest BCUT2D eigenvalue weighted by molar-refractivity contribution is -0.118. The molecule has 0 aliphatic carbocycles. The number of aryl methyl sites for hydroxylation is 1. The predicted molar refractivity (Wildman–Crippen MR) is 72.6 cm³/mol. The van der Waals surface area contributed by atoms with E-state index in [1.165, 1.54) is 0 Å². The van der Waals surface area contributed by atoms with E-state index < -0.39 is 0 Å². The summed E-state index contributed by atoms with van der Waals surface area (Å²) in [4.78, 5) is 13.9. The van der Waals surface area contributed by atoms with Gasteiger partial charge in [-0.2, -0.15) is 0 Å². The Bertz CT molecular complexity index is 431. The fourth-order valence-electron chi connectivity index (χ4n) is 1.84. The Morgan fingerprint density at radius 3 is 2.82 bits per heavy atom. The fraction of sp³-hybridized carbons (Fsp3) is 0.308. The lowest BCUT2D eigenvalue weighted by Gasteiger charge is -2.18. The van der Waals surface area contributed by atoms with Crippen LogP contribution in [-0.2, 0) is 4.79 Å². The molecule has 1 aliphatic heterocycles. The third-order valence-electron chi connectivity index (χ3n) is 2.74. The summed E-state index contributed by atoms with van der Waals surface area (Å²) in [5.74, 6) is 0.0295. The number of anilines is 1. The lowest BCUT2D eigenvalue weighted by atomic mass is 10.2. The second kappa shape index (κ2) is 5.84. The summed E-state index contributed by atoms with van der Waals surface area (Å²) in [5.41, 5.74) is 2.01. The molecule has 0 fully saturated rings. The van der Waals surface area contributed by atoms with Gasteiger partial charge in [-0.15, -0.1) is 12.4 Å².